The first-order chi connectivity index (χ1) is 17.4. The molecule has 0 aromatic heterocycles. The van der Waals surface area contributed by atoms with Crippen LogP contribution in [0.2, 0.25) is 0 Å². The monoisotopic (exact) mass is 626 g/mol. The second-order valence-electron chi connectivity index (χ2n) is 9.18. The molecule has 0 saturated carbocycles. The predicted octanol–water partition coefficient (Wildman–Crippen LogP) is 1.26. The summed E-state index contributed by atoms with van der Waals surface area (Å²) < 4.78 is 0. The molecule has 12 nitrogen and oxygen atoms in total. The summed E-state index contributed by atoms with van der Waals surface area (Å²) in [5.74, 6) is 0. The van der Waals surface area contributed by atoms with E-state index in [1.807, 2.05) is 6.92 Å². The van der Waals surface area contributed by atoms with Gasteiger partial charge in [0.15, 0.2) is 0 Å². The summed E-state index contributed by atoms with van der Waals surface area (Å²) in [5.41, 5.74) is -0.667. The average Bonchev–Trinajstić information content (AvgIpc) is 2.75. The molecule has 0 aromatic carbocycles. The fourth-order valence-electron chi connectivity index (χ4n) is 2.30. The van der Waals surface area contributed by atoms with E-state index in [4.69, 9.17) is 59.4 Å². The quantitative estimate of drug-likeness (QED) is 0.0856. The molecule has 15 heteroatoms. The molecule has 0 aliphatic carbocycles. The van der Waals surface area contributed by atoms with Crippen LogP contribution in [0.3, 0.4) is 0 Å². The molecule has 0 aliphatic heterocycles. The average molecular weight is 627 g/mol. The van der Waals surface area contributed by atoms with Gasteiger partial charge in [-0.15, -0.1) is 0 Å². The van der Waals surface area contributed by atoms with Crippen molar-refractivity contribution in [2.75, 3.05) is 56.8 Å². The van der Waals surface area contributed by atoms with Crippen LogP contribution >= 0.6 is 21.9 Å². The normalized spacial score (nSPS) is 14.5. The molecule has 0 rings (SSSR count). The van der Waals surface area contributed by atoms with Crippen LogP contribution in [-0.4, -0.2) is 116 Å². The zero-order chi connectivity index (χ0) is 32.2. The minimum Gasteiger partial charge on any atom is -0.396 e. The number of aliphatic hydroxyl groups is 3. The Bertz CT molecular complexity index is 610. The minimum atomic E-state index is -4.40. The Hall–Kier alpha value is -0.750. The van der Waals surface area contributed by atoms with E-state index in [1.54, 1.807) is 0 Å². The van der Waals surface area contributed by atoms with Gasteiger partial charge < -0.3 is 15.3 Å². The van der Waals surface area contributed by atoms with E-state index in [1.165, 1.54) is 36.5 Å². The third-order valence-corrected chi connectivity index (χ3v) is 10.8. The van der Waals surface area contributed by atoms with E-state index < -0.39 is 27.3 Å². The fourth-order valence-corrected chi connectivity index (χ4v) is 5.92. The van der Waals surface area contributed by atoms with E-state index in [0.29, 0.717) is 6.42 Å². The second kappa shape index (κ2) is 18.6. The summed E-state index contributed by atoms with van der Waals surface area (Å²) in [6.07, 6.45) is 7.25. The number of allylic oxidation sites excluding steroid dienone is 6. The van der Waals surface area contributed by atoms with Gasteiger partial charge in [-0.3, -0.25) is 0 Å². The minimum absolute atomic E-state index is 0.156. The van der Waals surface area contributed by atoms with Gasteiger partial charge in [-0.25, -0.2) is 0 Å². The maximum Gasteiger partial charge on any atom is 0.0531 e. The van der Waals surface area contributed by atoms with Gasteiger partial charge >= 0.3 is 179 Å². The van der Waals surface area contributed by atoms with Crippen molar-refractivity contribution in [2.45, 2.75) is 13.3 Å². The third-order valence-electron chi connectivity index (χ3n) is 4.78. The van der Waals surface area contributed by atoms with Crippen LogP contribution in [0, 0.1) is 5.41 Å². The maximum atomic E-state index is 9.08. The topological polar surface area (TPSA) is 243 Å². The van der Waals surface area contributed by atoms with Gasteiger partial charge in [0, 0.05) is 5.41 Å². The molecule has 236 valence electrons. The third kappa shape index (κ3) is 27.2. The summed E-state index contributed by atoms with van der Waals surface area (Å²) in [7, 11) is -13.2. The van der Waals surface area contributed by atoms with E-state index in [0.717, 1.165) is 0 Å². The van der Waals surface area contributed by atoms with Crippen molar-refractivity contribution >= 4 is 21.9 Å². The van der Waals surface area contributed by atoms with Crippen molar-refractivity contribution in [3.63, 3.8) is 0 Å². The molecule has 0 aromatic rings. The van der Waals surface area contributed by atoms with Crippen LogP contribution in [0.1, 0.15) is 13.3 Å². The van der Waals surface area contributed by atoms with E-state index >= 15 is 0 Å². The largest absolute Gasteiger partial charge is 0.396 e. The first-order valence-electron chi connectivity index (χ1n) is 11.7. The zero-order valence-electron chi connectivity index (χ0n) is 23.0. The van der Waals surface area contributed by atoms with Gasteiger partial charge in [0.05, 0.1) is 19.8 Å². The van der Waals surface area contributed by atoms with Gasteiger partial charge in [0.2, 0.25) is 0 Å². The fraction of sp³-hybridized carbons (Fsp3) is 0.500. The summed E-state index contributed by atoms with van der Waals surface area (Å²) in [4.78, 5) is 81.7. The van der Waals surface area contributed by atoms with Crippen LogP contribution in [0.4, 0.5) is 0 Å². The van der Waals surface area contributed by atoms with E-state index in [9.17, 15) is 0 Å². The van der Waals surface area contributed by atoms with Gasteiger partial charge in [-0.1, -0.05) is 6.92 Å². The Morgan fingerprint density at radius 2 is 0.590 bits per heavy atom. The van der Waals surface area contributed by atoms with Crippen molar-refractivity contribution in [1.82, 2.24) is 0 Å². The Labute approximate surface area is 232 Å². The van der Waals surface area contributed by atoms with E-state index in [2.05, 4.69) is 39.5 Å². The summed E-state index contributed by atoms with van der Waals surface area (Å²) in [5, 5.41) is 26.0. The van der Waals surface area contributed by atoms with Crippen molar-refractivity contribution in [2.24, 2.45) is 5.41 Å². The van der Waals surface area contributed by atoms with Gasteiger partial charge in [-0.05, 0) is 6.42 Å². The first kappa shape index (κ1) is 45.2. The molecule has 39 heavy (non-hydrogen) atoms. The molecule has 0 bridgehead atoms. The molecule has 0 saturated heterocycles. The van der Waals surface area contributed by atoms with Gasteiger partial charge in [0.25, 0.3) is 0 Å². The first-order valence-corrected chi connectivity index (χ1v) is 19.1. The van der Waals surface area contributed by atoms with Crippen molar-refractivity contribution in [1.29, 1.82) is 0 Å². The molecule has 0 radical (unpaired) electrons. The molecule has 0 spiro atoms. The second-order valence-corrected chi connectivity index (χ2v) is 19.4. The van der Waals surface area contributed by atoms with Crippen molar-refractivity contribution in [3.05, 3.63) is 75.9 Å². The Balaban J connectivity index is -0.000000210. The summed E-state index contributed by atoms with van der Waals surface area (Å²) in [6, 6.07) is 0. The van der Waals surface area contributed by atoms with Gasteiger partial charge in [-0.2, -0.15) is 0 Å². The SMILES string of the molecule is C=CCP(O)(O)(O)CC=C.C=CCP(O)(O)(O)CC=C.C=CCP(O)(O)(O)CC=C.CCC(CO)(CO)CO. The smallest absolute Gasteiger partial charge is 0.0531 e. The zero-order valence-corrected chi connectivity index (χ0v) is 25.7. The molecular formula is C24H53O12P3. The molecule has 0 aliphatic rings. The molecule has 0 fully saturated rings. The number of hydrogen-bond donors (Lipinski definition) is 12. The van der Waals surface area contributed by atoms with Crippen LogP contribution in [-0.2, 0) is 0 Å². The van der Waals surface area contributed by atoms with Crippen LogP contribution < -0.4 is 0 Å². The Morgan fingerprint density at radius 1 is 0.436 bits per heavy atom. The maximum absolute atomic E-state index is 9.08. The van der Waals surface area contributed by atoms with Crippen LogP contribution in [0.25, 0.3) is 0 Å². The van der Waals surface area contributed by atoms with Crippen LogP contribution in [0.15, 0.2) is 75.9 Å². The summed E-state index contributed by atoms with van der Waals surface area (Å²) >= 11 is 0. The summed E-state index contributed by atoms with van der Waals surface area (Å²) in [6.45, 7) is 21.1. The number of rotatable bonds is 16. The molecule has 0 unspecified atom stereocenters. The molecule has 12 N–H and O–H groups in total. The molecule has 0 heterocycles. The van der Waals surface area contributed by atoms with Crippen molar-refractivity contribution in [3.8, 4) is 0 Å². The predicted molar refractivity (Wildman–Crippen MR) is 165 cm³/mol. The Morgan fingerprint density at radius 3 is 0.641 bits per heavy atom. The van der Waals surface area contributed by atoms with E-state index in [-0.39, 0.29) is 56.8 Å². The van der Waals surface area contributed by atoms with Gasteiger partial charge in [0.1, 0.15) is 0 Å². The number of hydrogen-bond acceptors (Lipinski definition) is 12. The molecule has 0 amide bonds. The molecular weight excluding hydrogens is 573 g/mol. The standard InChI is InChI=1S/3C6H13O3P.C6H14O3/c3*1-3-5-10(7,8,9)6-4-2;1-2-6(3-7,4-8)5-9/h3*3-4,7-9H,1-2,5-6H2;7-9H,2-5H2,1H3. The van der Waals surface area contributed by atoms with Crippen LogP contribution in [0.5, 0.6) is 0 Å². The Kier molecular flexibility index (Phi) is 21.6. The number of aliphatic hydroxyl groups excluding tert-OH is 3. The molecule has 0 atom stereocenters. The van der Waals surface area contributed by atoms with Crippen molar-refractivity contribution < 1.29 is 59.4 Å².